The van der Waals surface area contributed by atoms with E-state index in [9.17, 15) is 5.48 Å². The normalized spacial score (nSPS) is 15.7. The van der Waals surface area contributed by atoms with Crippen molar-refractivity contribution in [2.24, 2.45) is 0 Å². The monoisotopic (exact) mass is 620 g/mol. The van der Waals surface area contributed by atoms with E-state index in [1.165, 1.54) is 16.7 Å². The summed E-state index contributed by atoms with van der Waals surface area (Å²) in [5, 5.41) is 2.15. The molecule has 48 heavy (non-hydrogen) atoms. The standard InChI is InChI=1S/C47H32O/c1-47(2)40-22-9-7-15-32(40)39-28-30(25-26-41(39)47)29-13-11-14-31(27-29)44-33-16-3-5-18-35(33)45(36-19-6-4-17-34(36)44)38-21-12-24-43-46(38)37-20-8-10-23-42(37)48-43/h3-28H,1-2H3/i3D,4D,5D,6D,16D,17D,18D,19D. The highest BCUT2D eigenvalue weighted by Gasteiger charge is 2.35. The second-order valence-corrected chi connectivity index (χ2v) is 13.0. The van der Waals surface area contributed by atoms with Crippen LogP contribution in [0.2, 0.25) is 0 Å². The Bertz CT molecular complexity index is 3130. The van der Waals surface area contributed by atoms with Gasteiger partial charge in [-0.25, -0.2) is 0 Å². The Balaban J connectivity index is 1.35. The summed E-state index contributed by atoms with van der Waals surface area (Å²) in [4.78, 5) is 0. The van der Waals surface area contributed by atoms with E-state index < -0.39 is 24.2 Å². The minimum atomic E-state index is -0.436. The first-order valence-electron chi connectivity index (χ1n) is 20.1. The lowest BCUT2D eigenvalue weighted by Crippen LogP contribution is -2.14. The van der Waals surface area contributed by atoms with Crippen LogP contribution in [-0.4, -0.2) is 0 Å². The molecule has 1 heterocycles. The fourth-order valence-corrected chi connectivity index (χ4v) is 7.92. The van der Waals surface area contributed by atoms with Gasteiger partial charge in [0.1, 0.15) is 11.2 Å². The predicted molar refractivity (Wildman–Crippen MR) is 203 cm³/mol. The van der Waals surface area contributed by atoms with E-state index in [1.54, 1.807) is 6.07 Å². The zero-order valence-electron chi connectivity index (χ0n) is 34.3. The maximum atomic E-state index is 9.44. The highest BCUT2D eigenvalue weighted by molar-refractivity contribution is 6.25. The van der Waals surface area contributed by atoms with E-state index in [2.05, 4.69) is 56.3 Å². The van der Waals surface area contributed by atoms with Crippen molar-refractivity contribution < 1.29 is 15.4 Å². The summed E-state index contributed by atoms with van der Waals surface area (Å²) in [7, 11) is 0. The van der Waals surface area contributed by atoms with Crippen LogP contribution in [0, 0.1) is 0 Å². The molecule has 0 bridgehead atoms. The Morgan fingerprint density at radius 3 is 1.83 bits per heavy atom. The third-order valence-corrected chi connectivity index (χ3v) is 10.1. The number of hydrogen-bond donors (Lipinski definition) is 0. The minimum absolute atomic E-state index is 0.161. The molecule has 226 valence electrons. The van der Waals surface area contributed by atoms with Crippen LogP contribution in [0.15, 0.2) is 162 Å². The highest BCUT2D eigenvalue weighted by atomic mass is 16.3. The summed E-state index contributed by atoms with van der Waals surface area (Å²) in [5.41, 5.74) is 9.37. The lowest BCUT2D eigenvalue weighted by Gasteiger charge is -2.21. The van der Waals surface area contributed by atoms with Crippen LogP contribution in [0.4, 0.5) is 0 Å². The zero-order valence-corrected chi connectivity index (χ0v) is 26.3. The van der Waals surface area contributed by atoms with Crippen LogP contribution in [0.25, 0.3) is 88.0 Å². The van der Waals surface area contributed by atoms with Crippen molar-refractivity contribution in [2.45, 2.75) is 19.3 Å². The largest absolute Gasteiger partial charge is 0.456 e. The molecule has 0 spiro atoms. The first kappa shape index (κ1) is 20.3. The van der Waals surface area contributed by atoms with Gasteiger partial charge in [-0.2, -0.15) is 0 Å². The zero-order chi connectivity index (χ0) is 38.9. The molecule has 1 heteroatoms. The molecule has 0 radical (unpaired) electrons. The van der Waals surface area contributed by atoms with E-state index in [0.29, 0.717) is 38.8 Å². The topological polar surface area (TPSA) is 13.1 Å². The van der Waals surface area contributed by atoms with E-state index in [1.807, 2.05) is 60.7 Å². The second-order valence-electron chi connectivity index (χ2n) is 13.0. The molecule has 0 fully saturated rings. The van der Waals surface area contributed by atoms with Gasteiger partial charge in [0, 0.05) is 16.2 Å². The highest BCUT2D eigenvalue weighted by Crippen LogP contribution is 2.50. The van der Waals surface area contributed by atoms with Crippen molar-refractivity contribution in [1.82, 2.24) is 0 Å². The Hall–Kier alpha value is -5.92. The number of fused-ring (bicyclic) bond motifs is 8. The summed E-state index contributed by atoms with van der Waals surface area (Å²) in [6, 6.07) is 32.6. The average Bonchev–Trinajstić information content (AvgIpc) is 3.71. The molecule has 10 rings (SSSR count). The number of rotatable bonds is 3. The summed E-state index contributed by atoms with van der Waals surface area (Å²) >= 11 is 0. The maximum absolute atomic E-state index is 9.44. The molecular formula is C47H32O. The predicted octanol–water partition coefficient (Wildman–Crippen LogP) is 13.2. The maximum Gasteiger partial charge on any atom is 0.136 e. The molecule has 1 nitrogen and oxygen atoms in total. The van der Waals surface area contributed by atoms with Crippen LogP contribution in [0.5, 0.6) is 0 Å². The molecule has 8 aromatic carbocycles. The smallest absolute Gasteiger partial charge is 0.136 e. The summed E-state index contributed by atoms with van der Waals surface area (Å²) in [6.07, 6.45) is 0. The fraction of sp³-hybridized carbons (Fsp3) is 0.0638. The molecule has 9 aromatic rings. The number of benzene rings is 8. The Kier molecular flexibility index (Phi) is 4.25. The van der Waals surface area contributed by atoms with Gasteiger partial charge in [-0.1, -0.05) is 147 Å². The molecular weight excluding hydrogens is 581 g/mol. The van der Waals surface area contributed by atoms with Gasteiger partial charge in [-0.3, -0.25) is 0 Å². The lowest BCUT2D eigenvalue weighted by atomic mass is 9.82. The molecule has 0 amide bonds. The third kappa shape index (κ3) is 3.79. The van der Waals surface area contributed by atoms with Gasteiger partial charge in [0.05, 0.1) is 11.0 Å². The van der Waals surface area contributed by atoms with Gasteiger partial charge < -0.3 is 4.42 Å². The van der Waals surface area contributed by atoms with Gasteiger partial charge in [0.25, 0.3) is 0 Å². The van der Waals surface area contributed by atoms with Gasteiger partial charge in [-0.05, 0) is 101 Å². The molecule has 1 aliphatic rings. The number of para-hydroxylation sites is 1. The first-order chi connectivity index (χ1) is 26.9. The van der Waals surface area contributed by atoms with Crippen molar-refractivity contribution in [3.63, 3.8) is 0 Å². The lowest BCUT2D eigenvalue weighted by molar-refractivity contribution is 0.660. The summed E-state index contributed by atoms with van der Waals surface area (Å²) < 4.78 is 79.5. The van der Waals surface area contributed by atoms with Crippen LogP contribution < -0.4 is 0 Å². The molecule has 0 aliphatic heterocycles. The van der Waals surface area contributed by atoms with Gasteiger partial charge in [0.15, 0.2) is 0 Å². The van der Waals surface area contributed by atoms with Crippen molar-refractivity contribution in [3.8, 4) is 44.5 Å². The Labute approximate surface area is 291 Å². The van der Waals surface area contributed by atoms with Crippen molar-refractivity contribution in [2.75, 3.05) is 0 Å². The first-order valence-corrected chi connectivity index (χ1v) is 16.1. The molecule has 0 atom stereocenters. The summed E-state index contributed by atoms with van der Waals surface area (Å²) in [5.74, 6) is 0. The van der Waals surface area contributed by atoms with E-state index in [4.69, 9.17) is 9.90 Å². The van der Waals surface area contributed by atoms with E-state index in [-0.39, 0.29) is 51.1 Å². The molecule has 0 saturated heterocycles. The van der Waals surface area contributed by atoms with Crippen LogP contribution in [0.1, 0.15) is 35.9 Å². The molecule has 0 unspecified atom stereocenters. The quantitative estimate of drug-likeness (QED) is 0.179. The van der Waals surface area contributed by atoms with Crippen molar-refractivity contribution in [3.05, 3.63) is 169 Å². The van der Waals surface area contributed by atoms with Crippen molar-refractivity contribution in [1.29, 1.82) is 0 Å². The Morgan fingerprint density at radius 2 is 1.04 bits per heavy atom. The molecule has 0 N–H and O–H groups in total. The number of furan rings is 1. The minimum Gasteiger partial charge on any atom is -0.456 e. The average molecular weight is 621 g/mol. The van der Waals surface area contributed by atoms with Crippen molar-refractivity contribution >= 4 is 43.5 Å². The van der Waals surface area contributed by atoms with Gasteiger partial charge in [-0.15, -0.1) is 0 Å². The third-order valence-electron chi connectivity index (χ3n) is 10.1. The van der Waals surface area contributed by atoms with Crippen LogP contribution in [0.3, 0.4) is 0 Å². The molecule has 1 aromatic heterocycles. The van der Waals surface area contributed by atoms with Crippen LogP contribution >= 0.6 is 0 Å². The van der Waals surface area contributed by atoms with Gasteiger partial charge >= 0.3 is 0 Å². The fourth-order valence-electron chi connectivity index (χ4n) is 7.92. The Morgan fingerprint density at radius 1 is 0.458 bits per heavy atom. The summed E-state index contributed by atoms with van der Waals surface area (Å²) in [6.45, 7) is 4.47. The van der Waals surface area contributed by atoms with Crippen LogP contribution in [-0.2, 0) is 5.41 Å². The van der Waals surface area contributed by atoms with E-state index in [0.717, 1.165) is 22.1 Å². The number of hydrogen-bond acceptors (Lipinski definition) is 1. The van der Waals surface area contributed by atoms with E-state index >= 15 is 0 Å². The SMILES string of the molecule is [2H]c1c([2H])c([2H])c2c(-c3cccc4oc5ccccc5c34)c3c([2H])c([2H])c([2H])c([2H])c3c(-c3cccc(-c4ccc5c(c4)-c4ccccc4C5(C)C)c3)c2c1[2H]. The molecule has 1 aliphatic carbocycles. The second kappa shape index (κ2) is 10.0. The molecule has 0 saturated carbocycles. The van der Waals surface area contributed by atoms with Gasteiger partial charge in [0.2, 0.25) is 0 Å².